The Balaban J connectivity index is 0.00000341. The molecule has 0 radical (unpaired) electrons. The lowest BCUT2D eigenvalue weighted by Crippen LogP contribution is -2.49. The predicted octanol–water partition coefficient (Wildman–Crippen LogP) is 1.36. The summed E-state index contributed by atoms with van der Waals surface area (Å²) in [5, 5.41) is 6.76. The molecule has 1 unspecified atom stereocenters. The van der Waals surface area contributed by atoms with Crippen molar-refractivity contribution in [2.24, 2.45) is 4.99 Å². The summed E-state index contributed by atoms with van der Waals surface area (Å²) in [6, 6.07) is 1.85. The normalized spacial score (nSPS) is 19.8. The number of nitrogens with zero attached hydrogens (tertiary/aromatic N) is 5. The average Bonchev–Trinajstić information content (AvgIpc) is 3.31. The van der Waals surface area contributed by atoms with Crippen molar-refractivity contribution in [3.8, 4) is 0 Å². The van der Waals surface area contributed by atoms with Crippen LogP contribution in [0.25, 0.3) is 0 Å². The Labute approximate surface area is 203 Å². The lowest BCUT2D eigenvalue weighted by Gasteiger charge is -2.34. The molecule has 31 heavy (non-hydrogen) atoms. The number of halogens is 1. The molecular formula is C21H38IN7O2. The van der Waals surface area contributed by atoms with Gasteiger partial charge in [-0.25, -0.2) is 9.97 Å². The molecule has 9 nitrogen and oxygen atoms in total. The monoisotopic (exact) mass is 547 g/mol. The topological polar surface area (TPSA) is 87.1 Å². The summed E-state index contributed by atoms with van der Waals surface area (Å²) in [6.45, 7) is 11.9. The lowest BCUT2D eigenvalue weighted by atomic mass is 10.2. The van der Waals surface area contributed by atoms with E-state index in [-0.39, 0.29) is 24.0 Å². The highest BCUT2D eigenvalue weighted by molar-refractivity contribution is 14.0. The van der Waals surface area contributed by atoms with Crippen LogP contribution in [0.1, 0.15) is 26.2 Å². The van der Waals surface area contributed by atoms with Gasteiger partial charge in [-0.3, -0.25) is 9.89 Å². The van der Waals surface area contributed by atoms with Gasteiger partial charge in [0.1, 0.15) is 0 Å². The van der Waals surface area contributed by atoms with E-state index in [2.05, 4.69) is 42.3 Å². The van der Waals surface area contributed by atoms with E-state index in [1.54, 1.807) is 12.4 Å². The second-order valence-corrected chi connectivity index (χ2v) is 7.63. The molecule has 1 aromatic heterocycles. The number of ether oxygens (including phenoxy) is 2. The van der Waals surface area contributed by atoms with Gasteiger partial charge in [0.25, 0.3) is 0 Å². The number of hydrogen-bond acceptors (Lipinski definition) is 7. The second-order valence-electron chi connectivity index (χ2n) is 7.63. The van der Waals surface area contributed by atoms with E-state index < -0.39 is 0 Å². The van der Waals surface area contributed by atoms with Crippen molar-refractivity contribution in [3.63, 3.8) is 0 Å². The second kappa shape index (κ2) is 15.5. The highest BCUT2D eigenvalue weighted by Crippen LogP contribution is 2.12. The molecule has 0 aliphatic carbocycles. The number of hydrogen-bond donors (Lipinski definition) is 2. The summed E-state index contributed by atoms with van der Waals surface area (Å²) in [5.41, 5.74) is 0. The van der Waals surface area contributed by atoms with Crippen molar-refractivity contribution in [3.05, 3.63) is 18.5 Å². The highest BCUT2D eigenvalue weighted by Gasteiger charge is 2.18. The summed E-state index contributed by atoms with van der Waals surface area (Å²) in [7, 11) is 0. The Morgan fingerprint density at radius 2 is 2.03 bits per heavy atom. The predicted molar refractivity (Wildman–Crippen MR) is 134 cm³/mol. The minimum atomic E-state index is 0. The van der Waals surface area contributed by atoms with Crippen LogP contribution >= 0.6 is 24.0 Å². The third-order valence-corrected chi connectivity index (χ3v) is 5.32. The van der Waals surface area contributed by atoms with E-state index >= 15 is 0 Å². The minimum Gasteiger partial charge on any atom is -0.379 e. The SMILES string of the molecule is CCNC(=NCCCOCC1CCCO1)NCCN1CCN(c2ncccn2)CC1.I. The van der Waals surface area contributed by atoms with Gasteiger partial charge in [-0.05, 0) is 32.3 Å². The van der Waals surface area contributed by atoms with Gasteiger partial charge in [0.05, 0.1) is 12.7 Å². The molecule has 2 fully saturated rings. The molecule has 0 saturated carbocycles. The Kier molecular flexibility index (Phi) is 13.0. The molecule has 2 aliphatic rings. The van der Waals surface area contributed by atoms with Crippen LogP contribution in [0.2, 0.25) is 0 Å². The molecule has 2 saturated heterocycles. The Morgan fingerprint density at radius 1 is 1.23 bits per heavy atom. The highest BCUT2D eigenvalue weighted by atomic mass is 127. The molecule has 176 valence electrons. The molecule has 3 rings (SSSR count). The van der Waals surface area contributed by atoms with Gasteiger partial charge in [-0.2, -0.15) is 0 Å². The van der Waals surface area contributed by atoms with Crippen molar-refractivity contribution >= 4 is 35.9 Å². The van der Waals surface area contributed by atoms with Crippen molar-refractivity contribution in [1.29, 1.82) is 0 Å². The number of aromatic nitrogens is 2. The first-order chi connectivity index (χ1) is 14.8. The van der Waals surface area contributed by atoms with E-state index in [1.165, 1.54) is 0 Å². The molecule has 0 spiro atoms. The number of rotatable bonds is 11. The molecule has 0 aromatic carbocycles. The summed E-state index contributed by atoms with van der Waals surface area (Å²) in [4.78, 5) is 18.1. The Morgan fingerprint density at radius 3 is 2.74 bits per heavy atom. The maximum atomic E-state index is 5.71. The van der Waals surface area contributed by atoms with Gasteiger partial charge in [0.15, 0.2) is 5.96 Å². The third-order valence-electron chi connectivity index (χ3n) is 5.32. The molecule has 0 bridgehead atoms. The van der Waals surface area contributed by atoms with E-state index in [4.69, 9.17) is 9.47 Å². The summed E-state index contributed by atoms with van der Waals surface area (Å²) in [6.07, 6.45) is 7.11. The van der Waals surface area contributed by atoms with Crippen molar-refractivity contribution in [1.82, 2.24) is 25.5 Å². The first-order valence-electron chi connectivity index (χ1n) is 11.3. The molecule has 3 heterocycles. The first-order valence-corrected chi connectivity index (χ1v) is 11.3. The number of nitrogens with one attached hydrogen (secondary N) is 2. The van der Waals surface area contributed by atoms with Gasteiger partial charge in [0.2, 0.25) is 5.95 Å². The minimum absolute atomic E-state index is 0. The zero-order valence-corrected chi connectivity index (χ0v) is 21.0. The summed E-state index contributed by atoms with van der Waals surface area (Å²) < 4.78 is 11.3. The van der Waals surface area contributed by atoms with Gasteiger partial charge in [-0.1, -0.05) is 0 Å². The third kappa shape index (κ3) is 9.84. The van der Waals surface area contributed by atoms with E-state index in [1.807, 2.05) is 6.07 Å². The molecule has 0 amide bonds. The van der Waals surface area contributed by atoms with E-state index in [9.17, 15) is 0 Å². The van der Waals surface area contributed by atoms with Crippen LogP contribution in [0.15, 0.2) is 23.5 Å². The molecule has 1 atom stereocenters. The molecule has 2 N–H and O–H groups in total. The fourth-order valence-corrected chi connectivity index (χ4v) is 3.65. The van der Waals surface area contributed by atoms with Crippen LogP contribution in [-0.4, -0.2) is 99.1 Å². The van der Waals surface area contributed by atoms with Crippen LogP contribution in [0.4, 0.5) is 5.95 Å². The molecule has 10 heteroatoms. The van der Waals surface area contributed by atoms with Gasteiger partial charge in [-0.15, -0.1) is 24.0 Å². The van der Waals surface area contributed by atoms with Crippen molar-refractivity contribution in [2.75, 3.05) is 77.1 Å². The number of guanidine groups is 1. The lowest BCUT2D eigenvalue weighted by molar-refractivity contribution is 0.0171. The molecule has 2 aliphatic heterocycles. The van der Waals surface area contributed by atoms with Gasteiger partial charge < -0.3 is 25.0 Å². The fraction of sp³-hybridized carbons (Fsp3) is 0.762. The van der Waals surface area contributed by atoms with Gasteiger partial charge in [0, 0.05) is 78.0 Å². The molecule has 1 aromatic rings. The standard InChI is InChI=1S/C21H37N7O2.HI/c1-2-22-20(23-9-5-16-29-18-19-6-3-17-30-19)24-10-11-27-12-14-28(15-13-27)21-25-7-4-8-26-21;/h4,7-8,19H,2-3,5-6,9-18H2,1H3,(H2,22,23,24);1H. The van der Waals surface area contributed by atoms with Crippen LogP contribution in [0, 0.1) is 0 Å². The zero-order valence-electron chi connectivity index (χ0n) is 18.7. The number of piperazine rings is 1. The smallest absolute Gasteiger partial charge is 0.225 e. The van der Waals surface area contributed by atoms with Crippen LogP contribution < -0.4 is 15.5 Å². The van der Waals surface area contributed by atoms with Crippen LogP contribution in [0.3, 0.4) is 0 Å². The van der Waals surface area contributed by atoms with Crippen molar-refractivity contribution in [2.45, 2.75) is 32.3 Å². The number of aliphatic imine (C=N–C) groups is 1. The van der Waals surface area contributed by atoms with Crippen molar-refractivity contribution < 1.29 is 9.47 Å². The van der Waals surface area contributed by atoms with E-state index in [0.29, 0.717) is 12.7 Å². The number of anilines is 1. The first kappa shape index (κ1) is 26.0. The largest absolute Gasteiger partial charge is 0.379 e. The quantitative estimate of drug-likeness (QED) is 0.186. The Hall–Kier alpha value is -1.24. The molecular weight excluding hydrogens is 509 g/mol. The summed E-state index contributed by atoms with van der Waals surface area (Å²) in [5.74, 6) is 1.71. The van der Waals surface area contributed by atoms with E-state index in [0.717, 1.165) is 96.7 Å². The van der Waals surface area contributed by atoms with Crippen LogP contribution in [0.5, 0.6) is 0 Å². The maximum Gasteiger partial charge on any atom is 0.225 e. The maximum absolute atomic E-state index is 5.71. The Bertz CT molecular complexity index is 609. The zero-order chi connectivity index (χ0) is 20.9. The average molecular weight is 547 g/mol. The fourth-order valence-electron chi connectivity index (χ4n) is 3.65. The summed E-state index contributed by atoms with van der Waals surface area (Å²) >= 11 is 0. The van der Waals surface area contributed by atoms with Gasteiger partial charge >= 0.3 is 0 Å². The van der Waals surface area contributed by atoms with Crippen LogP contribution in [-0.2, 0) is 9.47 Å².